The zero-order valence-corrected chi connectivity index (χ0v) is 25.2. The molecule has 0 spiro atoms. The number of hydrogen-bond acceptors (Lipinski definition) is 5. The molecule has 2 saturated carbocycles. The van der Waals surface area contributed by atoms with Crippen LogP contribution in [0.3, 0.4) is 0 Å². The maximum atomic E-state index is 12.9. The molecule has 2 saturated heterocycles. The van der Waals surface area contributed by atoms with Crippen molar-refractivity contribution in [3.05, 3.63) is 47.8 Å². The molecule has 6 heteroatoms. The van der Waals surface area contributed by atoms with E-state index in [0.29, 0.717) is 6.04 Å². The van der Waals surface area contributed by atoms with Gasteiger partial charge in [0.05, 0.1) is 5.71 Å². The van der Waals surface area contributed by atoms with Gasteiger partial charge in [-0.1, -0.05) is 43.1 Å². The van der Waals surface area contributed by atoms with E-state index in [-0.39, 0.29) is 16.9 Å². The molecule has 0 unspecified atom stereocenters. The van der Waals surface area contributed by atoms with Crippen LogP contribution in [0.1, 0.15) is 96.5 Å². The Hall–Kier alpha value is -2.47. The number of pyridine rings is 1. The molecule has 1 aromatic heterocycles. The van der Waals surface area contributed by atoms with Crippen molar-refractivity contribution in [1.29, 1.82) is 0 Å². The van der Waals surface area contributed by atoms with E-state index in [4.69, 9.17) is 4.84 Å². The monoisotopic (exact) mass is 556 g/mol. The van der Waals surface area contributed by atoms with Gasteiger partial charge in [-0.15, -0.1) is 0 Å². The fourth-order valence-corrected chi connectivity index (χ4v) is 10.0. The zero-order chi connectivity index (χ0) is 28.0. The molecule has 0 radical (unpaired) electrons. The summed E-state index contributed by atoms with van der Waals surface area (Å²) in [5.41, 5.74) is 5.85. The molecule has 0 bridgehead atoms. The molecule has 41 heavy (non-hydrogen) atoms. The van der Waals surface area contributed by atoms with Crippen molar-refractivity contribution in [2.24, 2.45) is 33.7 Å². The van der Waals surface area contributed by atoms with Gasteiger partial charge in [-0.3, -0.25) is 9.82 Å². The molecular formula is C35H48N4O2. The topological polar surface area (TPSA) is 58.0 Å². The van der Waals surface area contributed by atoms with Gasteiger partial charge in [0.2, 0.25) is 0 Å². The number of likely N-dealkylation sites (tertiary alicyclic amines) is 2. The molecule has 0 N–H and O–H groups in total. The number of piperidine rings is 2. The van der Waals surface area contributed by atoms with E-state index in [1.54, 1.807) is 5.57 Å². The van der Waals surface area contributed by atoms with E-state index in [0.717, 1.165) is 68.7 Å². The van der Waals surface area contributed by atoms with Gasteiger partial charge in [0.25, 0.3) is 0 Å². The molecular weight excluding hydrogens is 508 g/mol. The van der Waals surface area contributed by atoms with Crippen LogP contribution in [0.5, 0.6) is 0 Å². The minimum atomic E-state index is -0.269. The van der Waals surface area contributed by atoms with Crippen molar-refractivity contribution in [3.63, 3.8) is 0 Å². The van der Waals surface area contributed by atoms with Gasteiger partial charge in [-0.2, -0.15) is 0 Å². The Bertz CT molecular complexity index is 1230. The molecule has 7 rings (SSSR count). The summed E-state index contributed by atoms with van der Waals surface area (Å²) in [4.78, 5) is 27.4. The third-order valence-electron chi connectivity index (χ3n) is 12.4. The van der Waals surface area contributed by atoms with Crippen LogP contribution in [-0.4, -0.2) is 58.8 Å². The molecule has 6 nitrogen and oxygen atoms in total. The summed E-state index contributed by atoms with van der Waals surface area (Å²) in [5.74, 6) is 2.22. The number of fused-ring (bicyclic) bond motifs is 5. The number of nitrogens with zero attached hydrogens (tertiary/aromatic N) is 4. The van der Waals surface area contributed by atoms with E-state index in [1.165, 1.54) is 69.2 Å². The number of carbonyl (C=O) groups excluding carboxylic acids is 1. The number of hydrogen-bond donors (Lipinski definition) is 0. The standard InChI is InChI=1S/C35H48N4O2/c1-34-16-12-27(37-41-33(40)39-21-14-28(15-22-39)38-19-4-3-5-20-38)23-26(34)8-9-29-31-11-10-30(25-7-6-18-36-24-25)35(31,2)17-13-32(29)34/h6-7,10,18,23-24,28-29,31-32H,3-5,8-9,11-17,19-22H2,1-2H3/t29-,31+,32+,34+,35-/m1/s1. The zero-order valence-electron chi connectivity index (χ0n) is 25.2. The Morgan fingerprint density at radius 3 is 2.59 bits per heavy atom. The Morgan fingerprint density at radius 1 is 0.976 bits per heavy atom. The van der Waals surface area contributed by atoms with Gasteiger partial charge < -0.3 is 9.80 Å². The molecule has 0 aromatic carbocycles. The van der Waals surface area contributed by atoms with E-state index < -0.39 is 0 Å². The Kier molecular flexibility index (Phi) is 7.33. The number of allylic oxidation sites excluding steroid dienone is 4. The lowest BCUT2D eigenvalue weighted by Gasteiger charge is -2.58. The summed E-state index contributed by atoms with van der Waals surface area (Å²) < 4.78 is 0. The third-order valence-corrected chi connectivity index (χ3v) is 12.4. The molecule has 4 fully saturated rings. The lowest BCUT2D eigenvalue weighted by Crippen LogP contribution is -2.50. The maximum absolute atomic E-state index is 12.9. The molecule has 4 aliphatic carbocycles. The smallest absolute Gasteiger partial charge is 0.306 e. The molecule has 220 valence electrons. The number of carbonyl (C=O) groups is 1. The van der Waals surface area contributed by atoms with Gasteiger partial charge in [-0.05, 0) is 136 Å². The number of oxime groups is 1. The molecule has 5 atom stereocenters. The van der Waals surface area contributed by atoms with Crippen molar-refractivity contribution < 1.29 is 9.63 Å². The SMILES string of the molecule is C[C@]12CCC(=NOC(=O)N3CCC(N4CCCCC4)CC3)C=C1CC[C@H]1[C@@H]2CC[C@]2(C)C(c3cccnc3)=CC[C@@H]12. The number of aromatic nitrogens is 1. The van der Waals surface area contributed by atoms with Crippen molar-refractivity contribution in [3.8, 4) is 0 Å². The Morgan fingerprint density at radius 2 is 1.80 bits per heavy atom. The van der Waals surface area contributed by atoms with Crippen molar-refractivity contribution in [2.45, 2.75) is 96.9 Å². The molecule has 1 amide bonds. The van der Waals surface area contributed by atoms with Crippen LogP contribution in [0.25, 0.3) is 5.57 Å². The summed E-state index contributed by atoms with van der Waals surface area (Å²) in [7, 11) is 0. The van der Waals surface area contributed by atoms with Crippen LogP contribution in [0.4, 0.5) is 4.79 Å². The third kappa shape index (κ3) is 4.88. The highest BCUT2D eigenvalue weighted by molar-refractivity contribution is 5.96. The number of amides is 1. The van der Waals surface area contributed by atoms with E-state index in [9.17, 15) is 4.79 Å². The van der Waals surface area contributed by atoms with Gasteiger partial charge in [0.1, 0.15) is 0 Å². The van der Waals surface area contributed by atoms with E-state index in [2.05, 4.69) is 59.4 Å². The molecule has 6 aliphatic rings. The fourth-order valence-electron chi connectivity index (χ4n) is 10.0. The summed E-state index contributed by atoms with van der Waals surface area (Å²) in [6.45, 7) is 9.07. The van der Waals surface area contributed by atoms with Crippen LogP contribution in [0, 0.1) is 28.6 Å². The van der Waals surface area contributed by atoms with Crippen molar-refractivity contribution in [1.82, 2.24) is 14.8 Å². The highest BCUT2D eigenvalue weighted by Crippen LogP contribution is 2.66. The van der Waals surface area contributed by atoms with Crippen molar-refractivity contribution in [2.75, 3.05) is 26.2 Å². The number of rotatable bonds is 3. The fraction of sp³-hybridized carbons (Fsp3) is 0.686. The van der Waals surface area contributed by atoms with E-state index >= 15 is 0 Å². The highest BCUT2D eigenvalue weighted by Gasteiger charge is 2.57. The van der Waals surface area contributed by atoms with Crippen LogP contribution in [-0.2, 0) is 4.84 Å². The largest absolute Gasteiger partial charge is 0.435 e. The quantitative estimate of drug-likeness (QED) is 0.286. The maximum Gasteiger partial charge on any atom is 0.435 e. The van der Waals surface area contributed by atoms with Gasteiger partial charge in [-0.25, -0.2) is 4.79 Å². The van der Waals surface area contributed by atoms with Crippen LogP contribution < -0.4 is 0 Å². The second kappa shape index (κ2) is 11.0. The Balaban J connectivity index is 0.980. The summed E-state index contributed by atoms with van der Waals surface area (Å²) in [6.07, 6.45) is 22.8. The average molecular weight is 557 g/mol. The lowest BCUT2D eigenvalue weighted by molar-refractivity contribution is -0.0191. The normalized spacial score (nSPS) is 37.1. The summed E-state index contributed by atoms with van der Waals surface area (Å²) in [6, 6.07) is 4.95. The second-order valence-corrected chi connectivity index (χ2v) is 14.3. The Labute approximate surface area is 246 Å². The lowest BCUT2D eigenvalue weighted by atomic mass is 9.46. The van der Waals surface area contributed by atoms with Crippen molar-refractivity contribution >= 4 is 17.4 Å². The average Bonchev–Trinajstić information content (AvgIpc) is 3.38. The van der Waals surface area contributed by atoms with Gasteiger partial charge in [0, 0.05) is 31.5 Å². The van der Waals surface area contributed by atoms with Gasteiger partial charge >= 0.3 is 6.09 Å². The first-order valence-electron chi connectivity index (χ1n) is 16.5. The summed E-state index contributed by atoms with van der Waals surface area (Å²) >= 11 is 0. The molecule has 2 aliphatic heterocycles. The highest BCUT2D eigenvalue weighted by atomic mass is 16.7. The predicted molar refractivity (Wildman–Crippen MR) is 163 cm³/mol. The minimum absolute atomic E-state index is 0.237. The first kappa shape index (κ1) is 27.4. The van der Waals surface area contributed by atoms with Crippen LogP contribution in [0.15, 0.2) is 47.4 Å². The minimum Gasteiger partial charge on any atom is -0.306 e. The van der Waals surface area contributed by atoms with Crippen LogP contribution in [0.2, 0.25) is 0 Å². The first-order chi connectivity index (χ1) is 20.0. The van der Waals surface area contributed by atoms with Crippen LogP contribution >= 0.6 is 0 Å². The van der Waals surface area contributed by atoms with E-state index in [1.807, 2.05) is 11.1 Å². The predicted octanol–water partition coefficient (Wildman–Crippen LogP) is 7.48. The molecule has 3 heterocycles. The summed E-state index contributed by atoms with van der Waals surface area (Å²) in [5, 5.41) is 4.43. The second-order valence-electron chi connectivity index (χ2n) is 14.3. The first-order valence-corrected chi connectivity index (χ1v) is 16.5. The van der Waals surface area contributed by atoms with Gasteiger partial charge in [0.15, 0.2) is 0 Å². The molecule has 1 aromatic rings.